The van der Waals surface area contributed by atoms with Crippen molar-refractivity contribution in [2.75, 3.05) is 33.8 Å². The number of ketones is 1. The van der Waals surface area contributed by atoms with Gasteiger partial charge in [-0.1, -0.05) is 26.0 Å². The van der Waals surface area contributed by atoms with Crippen molar-refractivity contribution < 1.29 is 24.5 Å². The van der Waals surface area contributed by atoms with Crippen LogP contribution in [0.1, 0.15) is 43.0 Å². The number of aliphatic hydroxyl groups is 1. The van der Waals surface area contributed by atoms with Crippen molar-refractivity contribution in [2.45, 2.75) is 33.2 Å². The molecule has 1 aliphatic heterocycles. The fourth-order valence-electron chi connectivity index (χ4n) is 4.07. The van der Waals surface area contributed by atoms with E-state index in [1.165, 1.54) is 17.0 Å². The lowest BCUT2D eigenvalue weighted by Gasteiger charge is -2.26. The molecule has 0 bridgehead atoms. The molecule has 0 aliphatic carbocycles. The van der Waals surface area contributed by atoms with Gasteiger partial charge in [0.2, 0.25) is 0 Å². The molecule has 1 fully saturated rings. The summed E-state index contributed by atoms with van der Waals surface area (Å²) in [7, 11) is 3.89. The minimum absolute atomic E-state index is 0.0551. The number of carbonyl (C=O) groups is 2. The van der Waals surface area contributed by atoms with Gasteiger partial charge in [0.25, 0.3) is 11.7 Å². The van der Waals surface area contributed by atoms with E-state index in [1.54, 1.807) is 24.3 Å². The number of nitrogens with zero attached hydrogens (tertiary/aromatic N) is 2. The summed E-state index contributed by atoms with van der Waals surface area (Å²) in [6.45, 7) is 7.65. The molecule has 7 nitrogen and oxygen atoms in total. The summed E-state index contributed by atoms with van der Waals surface area (Å²) in [5.74, 6) is -0.405. The van der Waals surface area contributed by atoms with Crippen molar-refractivity contribution in [3.8, 4) is 11.5 Å². The highest BCUT2D eigenvalue weighted by molar-refractivity contribution is 6.46. The van der Waals surface area contributed by atoms with Gasteiger partial charge in [0.15, 0.2) is 0 Å². The smallest absolute Gasteiger partial charge is 0.295 e. The highest BCUT2D eigenvalue weighted by Crippen LogP contribution is 2.40. The lowest BCUT2D eigenvalue weighted by atomic mass is 9.93. The van der Waals surface area contributed by atoms with Gasteiger partial charge in [-0.05, 0) is 81.4 Å². The van der Waals surface area contributed by atoms with E-state index in [0.717, 1.165) is 12.1 Å². The molecule has 2 aromatic rings. The van der Waals surface area contributed by atoms with Gasteiger partial charge in [-0.2, -0.15) is 0 Å². The highest BCUT2D eigenvalue weighted by atomic mass is 16.5. The fourth-order valence-corrected chi connectivity index (χ4v) is 4.07. The van der Waals surface area contributed by atoms with Crippen molar-refractivity contribution >= 4 is 17.4 Å². The number of rotatable bonds is 9. The molecule has 0 radical (unpaired) electrons. The molecule has 34 heavy (non-hydrogen) atoms. The number of carbonyl (C=O) groups excluding carboxylic acids is 2. The predicted octanol–water partition coefficient (Wildman–Crippen LogP) is 4.11. The summed E-state index contributed by atoms with van der Waals surface area (Å²) < 4.78 is 5.77. The summed E-state index contributed by atoms with van der Waals surface area (Å²) in [5.41, 5.74) is 1.92. The molecule has 0 unspecified atom stereocenters. The zero-order valence-electron chi connectivity index (χ0n) is 20.5. The maximum atomic E-state index is 13.1. The van der Waals surface area contributed by atoms with Crippen LogP contribution >= 0.6 is 0 Å². The quantitative estimate of drug-likeness (QED) is 0.328. The number of amides is 1. The van der Waals surface area contributed by atoms with E-state index in [9.17, 15) is 19.8 Å². The molecule has 1 atom stereocenters. The van der Waals surface area contributed by atoms with Gasteiger partial charge in [0, 0.05) is 12.1 Å². The molecule has 182 valence electrons. The summed E-state index contributed by atoms with van der Waals surface area (Å²) >= 11 is 0. The van der Waals surface area contributed by atoms with Crippen molar-refractivity contribution in [2.24, 2.45) is 5.92 Å². The van der Waals surface area contributed by atoms with Crippen LogP contribution in [0.4, 0.5) is 0 Å². The van der Waals surface area contributed by atoms with Gasteiger partial charge >= 0.3 is 0 Å². The van der Waals surface area contributed by atoms with Crippen LogP contribution in [0.15, 0.2) is 48.0 Å². The van der Waals surface area contributed by atoms with Crippen LogP contribution in [-0.2, 0) is 9.59 Å². The topological polar surface area (TPSA) is 90.3 Å². The van der Waals surface area contributed by atoms with E-state index >= 15 is 0 Å². The maximum Gasteiger partial charge on any atom is 0.295 e. The molecular weight excluding hydrogens is 432 g/mol. The van der Waals surface area contributed by atoms with E-state index in [0.29, 0.717) is 42.4 Å². The van der Waals surface area contributed by atoms with Gasteiger partial charge in [-0.3, -0.25) is 9.59 Å². The minimum Gasteiger partial charge on any atom is -0.508 e. The first-order valence-corrected chi connectivity index (χ1v) is 11.6. The van der Waals surface area contributed by atoms with Crippen LogP contribution < -0.4 is 4.74 Å². The van der Waals surface area contributed by atoms with E-state index < -0.39 is 17.7 Å². The van der Waals surface area contributed by atoms with Crippen LogP contribution in [-0.4, -0.2) is 65.5 Å². The van der Waals surface area contributed by atoms with Crippen molar-refractivity contribution in [3.63, 3.8) is 0 Å². The van der Waals surface area contributed by atoms with E-state index in [1.807, 2.05) is 32.0 Å². The Labute approximate surface area is 201 Å². The Bertz CT molecular complexity index is 1070. The Hall–Kier alpha value is -3.32. The average Bonchev–Trinajstić information content (AvgIpc) is 3.02. The molecule has 0 aromatic heterocycles. The first-order chi connectivity index (χ1) is 16.1. The summed E-state index contributed by atoms with van der Waals surface area (Å²) in [4.78, 5) is 29.7. The third-order valence-corrected chi connectivity index (χ3v) is 5.79. The fraction of sp³-hybridized carbons (Fsp3) is 0.407. The molecular formula is C27H34N2O5. The number of hydrogen-bond acceptors (Lipinski definition) is 6. The summed E-state index contributed by atoms with van der Waals surface area (Å²) in [5, 5.41) is 21.0. The minimum atomic E-state index is -0.737. The van der Waals surface area contributed by atoms with Gasteiger partial charge in [0.1, 0.15) is 17.3 Å². The zero-order chi connectivity index (χ0) is 25.0. The number of ether oxygens (including phenoxy) is 1. The van der Waals surface area contributed by atoms with Gasteiger partial charge in [0.05, 0.1) is 18.2 Å². The Morgan fingerprint density at radius 1 is 1.12 bits per heavy atom. The molecule has 1 amide bonds. The number of hydrogen-bond donors (Lipinski definition) is 2. The lowest BCUT2D eigenvalue weighted by molar-refractivity contribution is -0.139. The largest absolute Gasteiger partial charge is 0.508 e. The monoisotopic (exact) mass is 466 g/mol. The lowest BCUT2D eigenvalue weighted by Crippen LogP contribution is -2.32. The molecule has 1 heterocycles. The van der Waals surface area contributed by atoms with E-state index in [4.69, 9.17) is 4.74 Å². The number of benzene rings is 2. The van der Waals surface area contributed by atoms with Crippen LogP contribution in [0.2, 0.25) is 0 Å². The maximum absolute atomic E-state index is 13.1. The zero-order valence-corrected chi connectivity index (χ0v) is 20.5. The number of aryl methyl sites for hydroxylation is 1. The molecule has 3 rings (SSSR count). The first kappa shape index (κ1) is 25.3. The third kappa shape index (κ3) is 5.59. The highest BCUT2D eigenvalue weighted by Gasteiger charge is 2.45. The summed E-state index contributed by atoms with van der Waals surface area (Å²) in [6.07, 6.45) is 0.676. The molecule has 1 aliphatic rings. The second-order valence-corrected chi connectivity index (χ2v) is 9.42. The van der Waals surface area contributed by atoms with Crippen LogP contribution in [0, 0.1) is 12.8 Å². The number of aliphatic hydroxyl groups excluding tert-OH is 1. The Balaban J connectivity index is 2.04. The first-order valence-electron chi connectivity index (χ1n) is 11.6. The molecule has 0 saturated carbocycles. The van der Waals surface area contributed by atoms with Crippen molar-refractivity contribution in [1.82, 2.24) is 9.80 Å². The molecule has 1 saturated heterocycles. The van der Waals surface area contributed by atoms with Crippen LogP contribution in [0.25, 0.3) is 5.76 Å². The Kier molecular flexibility index (Phi) is 7.99. The average molecular weight is 467 g/mol. The van der Waals surface area contributed by atoms with Crippen molar-refractivity contribution in [3.05, 3.63) is 64.7 Å². The molecule has 7 heteroatoms. The van der Waals surface area contributed by atoms with E-state index in [2.05, 4.69) is 13.8 Å². The number of phenolic OH excluding ortho intramolecular Hbond substituents is 1. The third-order valence-electron chi connectivity index (χ3n) is 5.79. The number of phenols is 1. The number of Topliss-reactive ketones (excluding diaryl/α,β-unsaturated/α-hetero) is 1. The standard InChI is InChI=1S/C27H34N2O5/c1-17(2)16-34-21-11-12-22(18(3)15-21)25(31)23-24(19-7-9-20(30)10-8-19)29(27(33)26(23)32)14-6-13-28(4)5/h7-12,15,17,24,30-31H,6,13-14,16H2,1-5H3/t24-/m1/s1. The SMILES string of the molecule is Cc1cc(OCC(C)C)ccc1C(O)=C1C(=O)C(=O)N(CCCN(C)C)[C@@H]1c1ccc(O)cc1. The molecule has 0 spiro atoms. The summed E-state index contributed by atoms with van der Waals surface area (Å²) in [6, 6.07) is 10.9. The Morgan fingerprint density at radius 3 is 2.38 bits per heavy atom. The second kappa shape index (κ2) is 10.7. The van der Waals surface area contributed by atoms with Gasteiger partial charge in [-0.25, -0.2) is 0 Å². The van der Waals surface area contributed by atoms with Crippen LogP contribution in [0.3, 0.4) is 0 Å². The number of aromatic hydroxyl groups is 1. The van der Waals surface area contributed by atoms with E-state index in [-0.39, 0.29) is 17.1 Å². The van der Waals surface area contributed by atoms with Crippen LogP contribution in [0.5, 0.6) is 11.5 Å². The van der Waals surface area contributed by atoms with Gasteiger partial charge < -0.3 is 24.7 Å². The number of likely N-dealkylation sites (tertiary alicyclic amines) is 1. The normalized spacial score (nSPS) is 17.7. The predicted molar refractivity (Wildman–Crippen MR) is 132 cm³/mol. The molecule has 2 aromatic carbocycles. The molecule has 2 N–H and O–H groups in total. The Morgan fingerprint density at radius 2 is 1.79 bits per heavy atom. The van der Waals surface area contributed by atoms with Crippen molar-refractivity contribution in [1.29, 1.82) is 0 Å². The van der Waals surface area contributed by atoms with Gasteiger partial charge in [-0.15, -0.1) is 0 Å². The second-order valence-electron chi connectivity index (χ2n) is 9.42.